The zero-order valence-electron chi connectivity index (χ0n) is 11.5. The van der Waals surface area contributed by atoms with Crippen molar-refractivity contribution in [3.8, 4) is 0 Å². The number of sulfone groups is 1. The van der Waals surface area contributed by atoms with E-state index in [9.17, 15) is 13.2 Å². The van der Waals surface area contributed by atoms with Crippen LogP contribution in [0, 0.1) is 0 Å². The van der Waals surface area contributed by atoms with E-state index in [2.05, 4.69) is 5.32 Å². The molecule has 1 N–H and O–H groups in total. The van der Waals surface area contributed by atoms with Crippen molar-refractivity contribution in [2.24, 2.45) is 7.05 Å². The van der Waals surface area contributed by atoms with E-state index in [0.717, 1.165) is 10.9 Å². The maximum atomic E-state index is 12.3. The molecule has 2 aromatic rings. The lowest BCUT2D eigenvalue weighted by Crippen LogP contribution is -2.36. The number of amides is 1. The number of benzene rings is 1. The topological polar surface area (TPSA) is 68.2 Å². The number of carbonyl (C=O) groups is 1. The van der Waals surface area contributed by atoms with Gasteiger partial charge in [-0.2, -0.15) is 0 Å². The molecule has 21 heavy (non-hydrogen) atoms. The summed E-state index contributed by atoms with van der Waals surface area (Å²) in [5.74, 6) is -0.0936. The first-order valence-electron chi connectivity index (χ1n) is 6.62. The minimum Gasteiger partial charge on any atom is -0.347 e. The van der Waals surface area contributed by atoms with Gasteiger partial charge < -0.3 is 9.88 Å². The summed E-state index contributed by atoms with van der Waals surface area (Å²) >= 11 is 5.95. The number of hydrogen-bond donors (Lipinski definition) is 1. The van der Waals surface area contributed by atoms with E-state index in [0.29, 0.717) is 17.1 Å². The van der Waals surface area contributed by atoms with Gasteiger partial charge in [-0.3, -0.25) is 4.79 Å². The normalized spacial score (nSPS) is 20.8. The number of fused-ring (bicyclic) bond motifs is 1. The van der Waals surface area contributed by atoms with E-state index in [1.807, 2.05) is 6.07 Å². The lowest BCUT2D eigenvalue weighted by molar-refractivity contribution is 0.0933. The first-order chi connectivity index (χ1) is 9.85. The summed E-state index contributed by atoms with van der Waals surface area (Å²) in [6.07, 6.45) is 0.476. The number of carbonyl (C=O) groups excluding carboxylic acids is 1. The molecule has 0 aliphatic carbocycles. The van der Waals surface area contributed by atoms with Crippen LogP contribution in [-0.2, 0) is 16.9 Å². The van der Waals surface area contributed by atoms with Gasteiger partial charge in [-0.1, -0.05) is 11.6 Å². The average molecular weight is 327 g/mol. The van der Waals surface area contributed by atoms with Gasteiger partial charge in [0, 0.05) is 29.0 Å². The second kappa shape index (κ2) is 5.03. The van der Waals surface area contributed by atoms with Crippen molar-refractivity contribution in [3.63, 3.8) is 0 Å². The summed E-state index contributed by atoms with van der Waals surface area (Å²) in [6.45, 7) is 0. The third-order valence-corrected chi connectivity index (χ3v) is 5.81. The molecule has 3 rings (SSSR count). The molecule has 1 aliphatic heterocycles. The maximum Gasteiger partial charge on any atom is 0.268 e. The lowest BCUT2D eigenvalue weighted by Gasteiger charge is -2.11. The van der Waals surface area contributed by atoms with Crippen LogP contribution >= 0.6 is 11.6 Å². The van der Waals surface area contributed by atoms with E-state index in [4.69, 9.17) is 11.6 Å². The first kappa shape index (κ1) is 14.4. The van der Waals surface area contributed by atoms with Crippen LogP contribution in [-0.4, -0.2) is 36.4 Å². The Hall–Kier alpha value is -1.53. The molecule has 1 atom stereocenters. The molecule has 1 aromatic carbocycles. The van der Waals surface area contributed by atoms with Gasteiger partial charge in [0.25, 0.3) is 5.91 Å². The molecule has 1 aliphatic rings. The van der Waals surface area contributed by atoms with Crippen LogP contribution in [0.4, 0.5) is 0 Å². The summed E-state index contributed by atoms with van der Waals surface area (Å²) in [5.41, 5.74) is 1.40. The summed E-state index contributed by atoms with van der Waals surface area (Å²) in [6, 6.07) is 6.89. The first-order valence-corrected chi connectivity index (χ1v) is 8.82. The monoisotopic (exact) mass is 326 g/mol. The van der Waals surface area contributed by atoms with Crippen LogP contribution in [0.3, 0.4) is 0 Å². The van der Waals surface area contributed by atoms with Gasteiger partial charge in [0.2, 0.25) is 0 Å². The van der Waals surface area contributed by atoms with Crippen molar-refractivity contribution >= 4 is 38.2 Å². The van der Waals surface area contributed by atoms with Crippen LogP contribution in [0.5, 0.6) is 0 Å². The highest BCUT2D eigenvalue weighted by Crippen LogP contribution is 2.23. The summed E-state index contributed by atoms with van der Waals surface area (Å²) in [5, 5.41) is 4.29. The molecular formula is C14H15ClN2O3S. The van der Waals surface area contributed by atoms with Crippen molar-refractivity contribution in [1.29, 1.82) is 0 Å². The van der Waals surface area contributed by atoms with E-state index < -0.39 is 9.84 Å². The van der Waals surface area contributed by atoms with Crippen molar-refractivity contribution in [3.05, 3.63) is 35.0 Å². The van der Waals surface area contributed by atoms with Crippen molar-refractivity contribution < 1.29 is 13.2 Å². The predicted octanol–water partition coefficient (Wildman–Crippen LogP) is 1.75. The van der Waals surface area contributed by atoms with Crippen molar-refractivity contribution in [1.82, 2.24) is 9.88 Å². The van der Waals surface area contributed by atoms with Crippen LogP contribution in [0.1, 0.15) is 16.9 Å². The van der Waals surface area contributed by atoms with E-state index in [1.165, 1.54) is 0 Å². The van der Waals surface area contributed by atoms with Gasteiger partial charge in [-0.15, -0.1) is 0 Å². The third kappa shape index (κ3) is 2.78. The standard InChI is InChI=1S/C14H15ClN2O3S/c1-17-12-3-2-10(15)6-9(12)7-13(17)14(18)16-11-4-5-21(19,20)8-11/h2-3,6-7,11H,4-5,8H2,1H3,(H,16,18). The highest BCUT2D eigenvalue weighted by molar-refractivity contribution is 7.91. The molecule has 0 saturated carbocycles. The summed E-state index contributed by atoms with van der Waals surface area (Å²) < 4.78 is 24.6. The Bertz CT molecular complexity index is 826. The number of halogens is 1. The molecule has 5 nitrogen and oxygen atoms in total. The second-order valence-electron chi connectivity index (χ2n) is 5.37. The Morgan fingerprint density at radius 2 is 2.14 bits per heavy atom. The maximum absolute atomic E-state index is 12.3. The highest BCUT2D eigenvalue weighted by Gasteiger charge is 2.29. The van der Waals surface area contributed by atoms with Gasteiger partial charge in [-0.25, -0.2) is 8.42 Å². The largest absolute Gasteiger partial charge is 0.347 e. The predicted molar refractivity (Wildman–Crippen MR) is 82.5 cm³/mol. The molecule has 1 saturated heterocycles. The average Bonchev–Trinajstić information content (AvgIpc) is 2.90. The molecule has 1 amide bonds. The van der Waals surface area contributed by atoms with Crippen LogP contribution < -0.4 is 5.32 Å². The molecule has 1 fully saturated rings. The Kier molecular flexibility index (Phi) is 3.45. The zero-order chi connectivity index (χ0) is 15.2. The smallest absolute Gasteiger partial charge is 0.268 e. The SMILES string of the molecule is Cn1c(C(=O)NC2CCS(=O)(=O)C2)cc2cc(Cl)ccc21. The van der Waals surface area contributed by atoms with Gasteiger partial charge in [-0.05, 0) is 30.7 Å². The van der Waals surface area contributed by atoms with Gasteiger partial charge in [0.1, 0.15) is 5.69 Å². The fourth-order valence-electron chi connectivity index (χ4n) is 2.71. The van der Waals surface area contributed by atoms with Crippen molar-refractivity contribution in [2.75, 3.05) is 11.5 Å². The fourth-order valence-corrected chi connectivity index (χ4v) is 4.56. The number of aryl methyl sites for hydroxylation is 1. The molecule has 0 bridgehead atoms. The minimum absolute atomic E-state index is 0.0223. The van der Waals surface area contributed by atoms with Gasteiger partial charge >= 0.3 is 0 Å². The number of nitrogens with zero attached hydrogens (tertiary/aromatic N) is 1. The van der Waals surface area contributed by atoms with Crippen LogP contribution in [0.2, 0.25) is 5.02 Å². The molecule has 7 heteroatoms. The lowest BCUT2D eigenvalue weighted by atomic mass is 10.2. The Morgan fingerprint density at radius 3 is 2.81 bits per heavy atom. The highest BCUT2D eigenvalue weighted by atomic mass is 35.5. The van der Waals surface area contributed by atoms with Gasteiger partial charge in [0.15, 0.2) is 9.84 Å². The summed E-state index contributed by atoms with van der Waals surface area (Å²) in [7, 11) is -1.20. The van der Waals surface area contributed by atoms with Crippen LogP contribution in [0.15, 0.2) is 24.3 Å². The number of hydrogen-bond acceptors (Lipinski definition) is 3. The molecular weight excluding hydrogens is 312 g/mol. The molecule has 0 spiro atoms. The number of rotatable bonds is 2. The molecule has 1 unspecified atom stereocenters. The zero-order valence-corrected chi connectivity index (χ0v) is 13.0. The van der Waals surface area contributed by atoms with E-state index in [-0.39, 0.29) is 23.5 Å². The van der Waals surface area contributed by atoms with Crippen molar-refractivity contribution in [2.45, 2.75) is 12.5 Å². The Morgan fingerprint density at radius 1 is 1.38 bits per heavy atom. The number of nitrogens with one attached hydrogen (secondary N) is 1. The van der Waals surface area contributed by atoms with E-state index in [1.54, 1.807) is 29.8 Å². The van der Waals surface area contributed by atoms with E-state index >= 15 is 0 Å². The third-order valence-electron chi connectivity index (χ3n) is 3.80. The molecule has 0 radical (unpaired) electrons. The minimum atomic E-state index is -3.00. The van der Waals surface area contributed by atoms with Gasteiger partial charge in [0.05, 0.1) is 11.5 Å². The number of aromatic nitrogens is 1. The molecule has 1 aromatic heterocycles. The fraction of sp³-hybridized carbons (Fsp3) is 0.357. The summed E-state index contributed by atoms with van der Waals surface area (Å²) in [4.78, 5) is 12.3. The second-order valence-corrected chi connectivity index (χ2v) is 8.03. The Labute approximate surface area is 127 Å². The van der Waals surface area contributed by atoms with Crippen LogP contribution in [0.25, 0.3) is 10.9 Å². The molecule has 112 valence electrons. The Balaban J connectivity index is 1.87. The quantitative estimate of drug-likeness (QED) is 0.914. The molecule has 2 heterocycles.